The van der Waals surface area contributed by atoms with Crippen molar-refractivity contribution < 1.29 is 9.72 Å². The summed E-state index contributed by atoms with van der Waals surface area (Å²) in [7, 11) is 0. The van der Waals surface area contributed by atoms with Crippen LogP contribution < -0.4 is 5.32 Å². The number of nitrogens with zero attached hydrogens (tertiary/aromatic N) is 2. The van der Waals surface area contributed by atoms with Crippen molar-refractivity contribution >= 4 is 38.3 Å². The predicted octanol–water partition coefficient (Wildman–Crippen LogP) is 5.99. The van der Waals surface area contributed by atoms with Crippen LogP contribution in [0.3, 0.4) is 0 Å². The van der Waals surface area contributed by atoms with E-state index in [0.717, 1.165) is 24.0 Å². The number of carbonyl (C=O) groups excluding carboxylic acids is 1. The highest BCUT2D eigenvalue weighted by Gasteiger charge is 2.61. The standard InChI is InChI=1S/C25H25N3O3S/c1-15-2-4-18(5-3-15)24-10-16-8-17(11-24)13-25(12-16,14-24)22(29)27-23-26-20-7-6-19(28(30)31)9-21(20)32-23/h2-7,9,16-17H,8,10-14H2,1H3,(H,26,27,29)/t16-,17+,24?,25?. The molecule has 1 aromatic heterocycles. The first kappa shape index (κ1) is 19.9. The summed E-state index contributed by atoms with van der Waals surface area (Å²) >= 11 is 1.31. The lowest BCUT2D eigenvalue weighted by Gasteiger charge is -2.61. The second-order valence-electron chi connectivity index (χ2n) is 10.3. The third kappa shape index (κ3) is 3.05. The van der Waals surface area contributed by atoms with Gasteiger partial charge >= 0.3 is 0 Å². The molecule has 2 aromatic carbocycles. The Balaban J connectivity index is 1.30. The summed E-state index contributed by atoms with van der Waals surface area (Å²) in [6.45, 7) is 2.12. The molecule has 2 unspecified atom stereocenters. The van der Waals surface area contributed by atoms with Gasteiger partial charge in [-0.2, -0.15) is 0 Å². The molecule has 4 atom stereocenters. The molecule has 6 nitrogen and oxygen atoms in total. The smallest absolute Gasteiger partial charge is 0.270 e. The van der Waals surface area contributed by atoms with Gasteiger partial charge in [0.25, 0.3) is 5.69 Å². The Bertz CT molecular complexity index is 1240. The zero-order valence-corrected chi connectivity index (χ0v) is 18.8. The number of aromatic nitrogens is 1. The molecule has 4 saturated carbocycles. The molecule has 4 aliphatic carbocycles. The average Bonchev–Trinajstić information content (AvgIpc) is 3.14. The molecule has 4 bridgehead atoms. The van der Waals surface area contributed by atoms with Crippen molar-refractivity contribution in [2.75, 3.05) is 5.32 Å². The van der Waals surface area contributed by atoms with E-state index in [9.17, 15) is 14.9 Å². The van der Waals surface area contributed by atoms with Crippen LogP contribution in [0.1, 0.15) is 49.7 Å². The van der Waals surface area contributed by atoms with Crippen LogP contribution in [0.2, 0.25) is 0 Å². The van der Waals surface area contributed by atoms with Crippen molar-refractivity contribution in [3.8, 4) is 0 Å². The predicted molar refractivity (Wildman–Crippen MR) is 125 cm³/mol. The van der Waals surface area contributed by atoms with Crippen LogP contribution >= 0.6 is 11.3 Å². The number of non-ortho nitro benzene ring substituents is 1. The number of nitro groups is 1. The highest BCUT2D eigenvalue weighted by atomic mass is 32.1. The van der Waals surface area contributed by atoms with Crippen molar-refractivity contribution in [3.63, 3.8) is 0 Å². The maximum atomic E-state index is 13.7. The fourth-order valence-electron chi connectivity index (χ4n) is 7.08. The molecule has 4 aliphatic rings. The lowest BCUT2D eigenvalue weighted by atomic mass is 9.42. The maximum absolute atomic E-state index is 13.7. The van der Waals surface area contributed by atoms with Gasteiger partial charge in [0.05, 0.1) is 20.6 Å². The fraction of sp³-hybridized carbons (Fsp3) is 0.440. The number of amides is 1. The molecule has 0 saturated heterocycles. The van der Waals surface area contributed by atoms with E-state index in [1.54, 1.807) is 6.07 Å². The molecular weight excluding hydrogens is 422 g/mol. The first-order valence-corrected chi connectivity index (χ1v) is 12.1. The van der Waals surface area contributed by atoms with Crippen molar-refractivity contribution in [2.45, 2.75) is 50.9 Å². The Morgan fingerprint density at radius 1 is 1.12 bits per heavy atom. The van der Waals surface area contributed by atoms with Crippen LogP contribution in [0.5, 0.6) is 0 Å². The summed E-state index contributed by atoms with van der Waals surface area (Å²) < 4.78 is 0.719. The van der Waals surface area contributed by atoms with Gasteiger partial charge in [-0.05, 0) is 74.3 Å². The molecule has 1 N–H and O–H groups in total. The number of hydrogen-bond acceptors (Lipinski definition) is 5. The number of anilines is 1. The Labute approximate surface area is 190 Å². The van der Waals surface area contributed by atoms with E-state index in [4.69, 9.17) is 0 Å². The lowest BCUT2D eigenvalue weighted by Crippen LogP contribution is -2.57. The third-order valence-corrected chi connectivity index (χ3v) is 8.94. The van der Waals surface area contributed by atoms with Crippen LogP contribution in [0, 0.1) is 34.3 Å². The Morgan fingerprint density at radius 2 is 1.84 bits per heavy atom. The molecule has 3 aromatic rings. The average molecular weight is 448 g/mol. The Kier molecular flexibility index (Phi) is 4.25. The number of thiazole rings is 1. The number of rotatable bonds is 4. The van der Waals surface area contributed by atoms with Gasteiger partial charge in [0.15, 0.2) is 5.13 Å². The minimum atomic E-state index is -0.405. The first-order valence-electron chi connectivity index (χ1n) is 11.3. The van der Waals surface area contributed by atoms with E-state index >= 15 is 0 Å². The zero-order chi connectivity index (χ0) is 22.1. The number of aryl methyl sites for hydroxylation is 1. The van der Waals surface area contributed by atoms with Gasteiger partial charge in [-0.15, -0.1) is 0 Å². The second kappa shape index (κ2) is 6.85. The van der Waals surface area contributed by atoms with E-state index in [2.05, 4.69) is 41.5 Å². The number of nitrogens with one attached hydrogen (secondary N) is 1. The van der Waals surface area contributed by atoms with Crippen LogP contribution in [-0.2, 0) is 10.2 Å². The topological polar surface area (TPSA) is 85.1 Å². The van der Waals surface area contributed by atoms with Gasteiger partial charge in [-0.3, -0.25) is 14.9 Å². The number of benzene rings is 2. The van der Waals surface area contributed by atoms with E-state index in [-0.39, 0.29) is 22.4 Å². The third-order valence-electron chi connectivity index (χ3n) is 8.01. The second-order valence-corrected chi connectivity index (χ2v) is 11.3. The molecule has 0 spiro atoms. The normalized spacial score (nSPS) is 30.5. The van der Waals surface area contributed by atoms with Gasteiger partial charge in [-0.25, -0.2) is 4.98 Å². The van der Waals surface area contributed by atoms with E-state index < -0.39 is 4.92 Å². The summed E-state index contributed by atoms with van der Waals surface area (Å²) in [4.78, 5) is 28.9. The van der Waals surface area contributed by atoms with Gasteiger partial charge in [0, 0.05) is 12.1 Å². The number of nitro benzene ring substituents is 1. The zero-order valence-electron chi connectivity index (χ0n) is 18.0. The molecule has 32 heavy (non-hydrogen) atoms. The molecule has 4 fully saturated rings. The quantitative estimate of drug-likeness (QED) is 0.393. The molecule has 1 amide bonds. The monoisotopic (exact) mass is 447 g/mol. The maximum Gasteiger partial charge on any atom is 0.270 e. The SMILES string of the molecule is Cc1ccc(C23C[C@@H]4C[C@@H](CC(C(=O)Nc5nc6ccc([N+](=O)[O-])cc6s5)(C4)C2)C3)cc1. The molecule has 7 heteroatoms. The van der Waals surface area contributed by atoms with Crippen LogP contribution in [0.4, 0.5) is 10.8 Å². The lowest BCUT2D eigenvalue weighted by molar-refractivity contribution is -0.384. The summed E-state index contributed by atoms with van der Waals surface area (Å²) in [6.07, 6.45) is 6.43. The highest BCUT2D eigenvalue weighted by molar-refractivity contribution is 7.22. The number of hydrogen-bond donors (Lipinski definition) is 1. The van der Waals surface area contributed by atoms with E-state index in [1.165, 1.54) is 53.9 Å². The van der Waals surface area contributed by atoms with E-state index in [1.807, 2.05) is 0 Å². The molecular formula is C25H25N3O3S. The minimum absolute atomic E-state index is 0.0418. The van der Waals surface area contributed by atoms with Crippen molar-refractivity contribution in [2.24, 2.45) is 17.3 Å². The van der Waals surface area contributed by atoms with Crippen LogP contribution in [-0.4, -0.2) is 15.8 Å². The number of carbonyl (C=O) groups is 1. The summed E-state index contributed by atoms with van der Waals surface area (Å²) in [6, 6.07) is 13.6. The minimum Gasteiger partial charge on any atom is -0.301 e. The number of fused-ring (bicyclic) bond motifs is 1. The van der Waals surface area contributed by atoms with E-state index in [0.29, 0.717) is 22.5 Å². The van der Waals surface area contributed by atoms with Gasteiger partial charge in [-0.1, -0.05) is 41.2 Å². The fourth-order valence-corrected chi connectivity index (χ4v) is 7.98. The van der Waals surface area contributed by atoms with Crippen LogP contribution in [0.25, 0.3) is 10.2 Å². The largest absolute Gasteiger partial charge is 0.301 e. The van der Waals surface area contributed by atoms with Crippen LogP contribution in [0.15, 0.2) is 42.5 Å². The summed E-state index contributed by atoms with van der Waals surface area (Å²) in [5.41, 5.74) is 3.13. The summed E-state index contributed by atoms with van der Waals surface area (Å²) in [5, 5.41) is 14.7. The van der Waals surface area contributed by atoms with Gasteiger partial charge < -0.3 is 5.32 Å². The van der Waals surface area contributed by atoms with Crippen molar-refractivity contribution in [1.82, 2.24) is 4.98 Å². The van der Waals surface area contributed by atoms with Gasteiger partial charge in [0.2, 0.25) is 5.91 Å². The molecule has 1 heterocycles. The summed E-state index contributed by atoms with van der Waals surface area (Å²) in [5.74, 6) is 1.28. The molecule has 0 aliphatic heterocycles. The van der Waals surface area contributed by atoms with Gasteiger partial charge in [0.1, 0.15) is 0 Å². The van der Waals surface area contributed by atoms with Crippen molar-refractivity contribution in [1.29, 1.82) is 0 Å². The first-order chi connectivity index (χ1) is 15.3. The molecule has 0 radical (unpaired) electrons. The van der Waals surface area contributed by atoms with Crippen molar-refractivity contribution in [3.05, 3.63) is 63.7 Å². The Morgan fingerprint density at radius 3 is 2.53 bits per heavy atom. The highest BCUT2D eigenvalue weighted by Crippen LogP contribution is 2.66. The molecule has 164 valence electrons. The Hall–Kier alpha value is -2.80. The molecule has 7 rings (SSSR count).